The van der Waals surface area contributed by atoms with Gasteiger partial charge in [0, 0.05) is 28.7 Å². The molecule has 1 saturated carbocycles. The summed E-state index contributed by atoms with van der Waals surface area (Å²) in [6.07, 6.45) is 3.04. The molecule has 0 saturated heterocycles. The molecule has 2 aromatic heterocycles. The highest BCUT2D eigenvalue weighted by molar-refractivity contribution is 5.99. The highest BCUT2D eigenvalue weighted by atomic mass is 19.4. The van der Waals surface area contributed by atoms with Gasteiger partial charge in [0.2, 0.25) is 0 Å². The summed E-state index contributed by atoms with van der Waals surface area (Å²) in [4.78, 5) is 3.92. The second kappa shape index (κ2) is 7.97. The first-order valence-electron chi connectivity index (χ1n) is 8.72. The minimum absolute atomic E-state index is 0.0463. The fraction of sp³-hybridized carbons (Fsp3) is 0.316. The molecule has 1 fully saturated rings. The monoisotopic (exact) mass is 392 g/mol. The summed E-state index contributed by atoms with van der Waals surface area (Å²) in [5.74, 6) is -0.384. The summed E-state index contributed by atoms with van der Waals surface area (Å²) in [6, 6.07) is 4.28. The second-order valence-electron chi connectivity index (χ2n) is 6.52. The van der Waals surface area contributed by atoms with Gasteiger partial charge in [-0.15, -0.1) is 10.2 Å². The number of aromatic nitrogens is 3. The Labute approximate surface area is 158 Å². The number of fused-ring (bicyclic) bond motifs is 1. The fourth-order valence-corrected chi connectivity index (χ4v) is 3.03. The van der Waals surface area contributed by atoms with E-state index in [4.69, 9.17) is 10.8 Å². The van der Waals surface area contributed by atoms with E-state index in [1.165, 1.54) is 25.2 Å². The lowest BCUT2D eigenvalue weighted by Crippen LogP contribution is -2.04. The lowest BCUT2D eigenvalue weighted by atomic mass is 10.0. The number of aliphatic hydroxyl groups excluding tert-OH is 1. The number of rotatable bonds is 1. The number of anilines is 1. The van der Waals surface area contributed by atoms with Gasteiger partial charge in [0.05, 0.1) is 11.7 Å². The summed E-state index contributed by atoms with van der Waals surface area (Å²) in [7, 11) is 0. The Balaban J connectivity index is 0.000000320. The zero-order chi connectivity index (χ0) is 20.3. The van der Waals surface area contributed by atoms with Crippen LogP contribution in [-0.2, 0) is 6.18 Å². The molecule has 28 heavy (non-hydrogen) atoms. The van der Waals surface area contributed by atoms with Crippen molar-refractivity contribution < 1.29 is 23.4 Å². The zero-order valence-electron chi connectivity index (χ0n) is 14.8. The first kappa shape index (κ1) is 19.8. The predicted octanol–water partition coefficient (Wildman–Crippen LogP) is 3.92. The van der Waals surface area contributed by atoms with E-state index in [9.17, 15) is 18.3 Å². The van der Waals surface area contributed by atoms with Gasteiger partial charge in [0.1, 0.15) is 11.4 Å². The van der Waals surface area contributed by atoms with Gasteiger partial charge in [-0.1, -0.05) is 12.8 Å². The number of phenols is 1. The summed E-state index contributed by atoms with van der Waals surface area (Å²) < 4.78 is 37.9. The van der Waals surface area contributed by atoms with E-state index in [1.807, 2.05) is 0 Å². The van der Waals surface area contributed by atoms with E-state index in [1.54, 1.807) is 6.07 Å². The number of nitrogens with two attached hydrogens (primary N) is 1. The Morgan fingerprint density at radius 2 is 1.75 bits per heavy atom. The average molecular weight is 392 g/mol. The van der Waals surface area contributed by atoms with Crippen molar-refractivity contribution in [1.82, 2.24) is 15.2 Å². The Morgan fingerprint density at radius 3 is 2.32 bits per heavy atom. The van der Waals surface area contributed by atoms with Gasteiger partial charge in [-0.3, -0.25) is 4.98 Å². The molecule has 9 heteroatoms. The Morgan fingerprint density at radius 1 is 1.04 bits per heavy atom. The largest absolute Gasteiger partial charge is 0.507 e. The lowest BCUT2D eigenvalue weighted by Gasteiger charge is -2.11. The Kier molecular flexibility index (Phi) is 5.64. The van der Waals surface area contributed by atoms with Gasteiger partial charge in [0.25, 0.3) is 0 Å². The van der Waals surface area contributed by atoms with Crippen LogP contribution in [0, 0.1) is 0 Å². The third-order valence-corrected chi connectivity index (χ3v) is 4.51. The molecule has 4 N–H and O–H groups in total. The lowest BCUT2D eigenvalue weighted by molar-refractivity contribution is -0.137. The second-order valence-corrected chi connectivity index (χ2v) is 6.52. The molecule has 0 unspecified atom stereocenters. The van der Waals surface area contributed by atoms with Crippen molar-refractivity contribution in [2.24, 2.45) is 0 Å². The summed E-state index contributed by atoms with van der Waals surface area (Å²) >= 11 is 0. The predicted molar refractivity (Wildman–Crippen MR) is 98.3 cm³/mol. The molecule has 4 rings (SSSR count). The van der Waals surface area contributed by atoms with Crippen LogP contribution >= 0.6 is 0 Å². The van der Waals surface area contributed by atoms with Gasteiger partial charge in [-0.2, -0.15) is 13.2 Å². The van der Waals surface area contributed by atoms with E-state index in [0.717, 1.165) is 25.0 Å². The number of pyridine rings is 1. The topological polar surface area (TPSA) is 105 Å². The molecule has 0 radical (unpaired) electrons. The minimum Gasteiger partial charge on any atom is -0.507 e. The third kappa shape index (κ3) is 4.30. The zero-order valence-corrected chi connectivity index (χ0v) is 14.8. The maximum absolute atomic E-state index is 12.6. The van der Waals surface area contributed by atoms with Crippen LogP contribution < -0.4 is 5.73 Å². The molecule has 6 nitrogen and oxygen atoms in total. The number of hydrogen-bond donors (Lipinski definition) is 3. The number of nitrogen functional groups attached to an aromatic ring is 1. The number of alkyl halides is 3. The number of aliphatic hydroxyl groups is 1. The molecule has 0 amide bonds. The van der Waals surface area contributed by atoms with E-state index in [2.05, 4.69) is 15.2 Å². The Hall–Kier alpha value is -2.94. The van der Waals surface area contributed by atoms with Gasteiger partial charge in [-0.25, -0.2) is 0 Å². The number of aromatic hydroxyl groups is 1. The van der Waals surface area contributed by atoms with Crippen molar-refractivity contribution in [2.75, 3.05) is 5.73 Å². The molecule has 0 atom stereocenters. The van der Waals surface area contributed by atoms with E-state index in [0.29, 0.717) is 16.8 Å². The number of halogens is 3. The number of nitrogens with zero attached hydrogens (tertiary/aromatic N) is 3. The number of hydrogen-bond acceptors (Lipinski definition) is 6. The van der Waals surface area contributed by atoms with Crippen molar-refractivity contribution in [3.8, 4) is 17.0 Å². The number of benzene rings is 1. The molecule has 1 aliphatic rings. The maximum atomic E-state index is 12.6. The van der Waals surface area contributed by atoms with Crippen LogP contribution in [0.15, 0.2) is 36.7 Å². The average Bonchev–Trinajstić information content (AvgIpc) is 3.13. The molecular weight excluding hydrogens is 373 g/mol. The molecule has 1 aliphatic carbocycles. The van der Waals surface area contributed by atoms with E-state index >= 15 is 0 Å². The highest BCUT2D eigenvalue weighted by Gasteiger charge is 2.31. The van der Waals surface area contributed by atoms with Crippen LogP contribution in [0.3, 0.4) is 0 Å². The molecule has 1 aromatic carbocycles. The third-order valence-electron chi connectivity index (χ3n) is 4.51. The molecule has 0 bridgehead atoms. The van der Waals surface area contributed by atoms with Crippen molar-refractivity contribution in [3.05, 3.63) is 42.2 Å². The summed E-state index contributed by atoms with van der Waals surface area (Å²) in [6.45, 7) is 0. The molecular formula is C19H19F3N4O2. The normalized spacial score (nSPS) is 14.7. The highest BCUT2D eigenvalue weighted by Crippen LogP contribution is 2.38. The first-order chi connectivity index (χ1) is 13.3. The standard InChI is InChI=1S/C14H9F3N4O.C5H10O/c15-14(16,17)7-1-2-9(11(22)5-7)12-8-3-4-19-6-10(8)13(18)21-20-12;6-5-3-1-2-4-5/h1-6,22H,(H2,18,21);5-6H,1-4H2. The van der Waals surface area contributed by atoms with E-state index in [-0.39, 0.29) is 23.2 Å². The molecule has 2 heterocycles. The van der Waals surface area contributed by atoms with Gasteiger partial charge < -0.3 is 15.9 Å². The van der Waals surface area contributed by atoms with Crippen molar-refractivity contribution >= 4 is 16.6 Å². The van der Waals surface area contributed by atoms with Crippen LogP contribution in [0.2, 0.25) is 0 Å². The van der Waals surface area contributed by atoms with Crippen LogP contribution in [-0.4, -0.2) is 31.5 Å². The Bertz CT molecular complexity index is 973. The van der Waals surface area contributed by atoms with Crippen LogP contribution in [0.1, 0.15) is 31.2 Å². The van der Waals surface area contributed by atoms with E-state index < -0.39 is 17.5 Å². The van der Waals surface area contributed by atoms with Crippen LogP contribution in [0.5, 0.6) is 5.75 Å². The summed E-state index contributed by atoms with van der Waals surface area (Å²) in [5.41, 5.74) is 5.13. The quantitative estimate of drug-likeness (QED) is 0.580. The van der Waals surface area contributed by atoms with Gasteiger partial charge in [0.15, 0.2) is 5.82 Å². The van der Waals surface area contributed by atoms with Crippen LogP contribution in [0.4, 0.5) is 19.0 Å². The SMILES string of the molecule is Nc1nnc(-c2ccc(C(F)(F)F)cc2O)c2ccncc12.OC1CCCC1. The molecule has 0 aliphatic heterocycles. The van der Waals surface area contributed by atoms with Gasteiger partial charge >= 0.3 is 6.18 Å². The van der Waals surface area contributed by atoms with Crippen molar-refractivity contribution in [1.29, 1.82) is 0 Å². The molecule has 0 spiro atoms. The smallest absolute Gasteiger partial charge is 0.416 e. The molecule has 3 aromatic rings. The minimum atomic E-state index is -4.53. The molecule has 148 valence electrons. The first-order valence-corrected chi connectivity index (χ1v) is 8.72. The summed E-state index contributed by atoms with van der Waals surface area (Å²) in [5, 5.41) is 27.3. The fourth-order valence-electron chi connectivity index (χ4n) is 3.03. The van der Waals surface area contributed by atoms with Crippen molar-refractivity contribution in [3.63, 3.8) is 0 Å². The number of phenolic OH excluding ortho intramolecular Hbond substituents is 1. The van der Waals surface area contributed by atoms with Gasteiger partial charge in [-0.05, 0) is 37.1 Å². The van der Waals surface area contributed by atoms with Crippen molar-refractivity contribution in [2.45, 2.75) is 38.0 Å². The maximum Gasteiger partial charge on any atom is 0.416 e. The van der Waals surface area contributed by atoms with Crippen LogP contribution in [0.25, 0.3) is 22.0 Å².